The van der Waals surface area contributed by atoms with Crippen LogP contribution in [0.15, 0.2) is 72.8 Å². The Bertz CT molecular complexity index is 1580. The van der Waals surface area contributed by atoms with Crippen molar-refractivity contribution in [2.45, 2.75) is 57.8 Å². The Morgan fingerprint density at radius 1 is 0.795 bits per heavy atom. The molecule has 1 heterocycles. The van der Waals surface area contributed by atoms with Crippen molar-refractivity contribution in [3.63, 3.8) is 0 Å². The molecule has 3 aromatic carbocycles. The molecular weight excluding hydrogens is 573 g/mol. The lowest BCUT2D eigenvalue weighted by molar-refractivity contribution is -0.143. The van der Waals surface area contributed by atoms with Crippen LogP contribution in [0.3, 0.4) is 0 Å². The third kappa shape index (κ3) is 7.75. The van der Waals surface area contributed by atoms with Crippen molar-refractivity contribution in [1.29, 1.82) is 0 Å². The number of carbonyl (C=O) groups is 2. The summed E-state index contributed by atoms with van der Waals surface area (Å²) >= 11 is 0. The van der Waals surface area contributed by atoms with E-state index in [1.165, 1.54) is 55.6 Å². The van der Waals surface area contributed by atoms with Crippen LogP contribution in [0.25, 0.3) is 22.3 Å². The summed E-state index contributed by atoms with van der Waals surface area (Å²) in [5, 5.41) is 23.9. The number of esters is 1. The largest absolute Gasteiger partial charge is 0.469 e. The van der Waals surface area contributed by atoms with Gasteiger partial charge in [-0.05, 0) is 92.8 Å². The number of hydrogen-bond acceptors (Lipinski definition) is 5. The molecule has 0 aliphatic heterocycles. The number of carbonyl (C=O) groups excluding carboxylic acids is 2. The van der Waals surface area contributed by atoms with E-state index in [0.717, 1.165) is 0 Å². The average molecular weight is 609 g/mol. The van der Waals surface area contributed by atoms with E-state index in [4.69, 9.17) is 0 Å². The van der Waals surface area contributed by atoms with Crippen LogP contribution in [0, 0.1) is 17.5 Å². The van der Waals surface area contributed by atoms with E-state index in [-0.39, 0.29) is 37.4 Å². The average Bonchev–Trinajstić information content (AvgIpc) is 3.33. The highest BCUT2D eigenvalue weighted by atomic mass is 19.1. The Morgan fingerprint density at radius 2 is 1.30 bits per heavy atom. The Kier molecular flexibility index (Phi) is 10.6. The first-order valence-electron chi connectivity index (χ1n) is 14.3. The van der Waals surface area contributed by atoms with Gasteiger partial charge in [-0.1, -0.05) is 24.3 Å². The third-order valence-electron chi connectivity index (χ3n) is 7.29. The molecule has 0 aliphatic rings. The molecule has 44 heavy (non-hydrogen) atoms. The van der Waals surface area contributed by atoms with Crippen molar-refractivity contribution < 1.29 is 37.7 Å². The maximum Gasteiger partial charge on any atom is 0.308 e. The van der Waals surface area contributed by atoms with Crippen molar-refractivity contribution in [3.05, 3.63) is 102 Å². The zero-order chi connectivity index (χ0) is 32.0. The van der Waals surface area contributed by atoms with Gasteiger partial charge >= 0.3 is 5.97 Å². The van der Waals surface area contributed by atoms with Gasteiger partial charge in [-0.15, -0.1) is 0 Å². The molecule has 0 unspecified atom stereocenters. The van der Waals surface area contributed by atoms with Crippen LogP contribution in [0.2, 0.25) is 0 Å². The fraction of sp³-hybridized carbons (Fsp3) is 0.294. The number of ether oxygens (including phenoxy) is 1. The van der Waals surface area contributed by atoms with Gasteiger partial charge in [0.25, 0.3) is 5.91 Å². The highest BCUT2D eigenvalue weighted by molar-refractivity contribution is 6.11. The highest BCUT2D eigenvalue weighted by Crippen LogP contribution is 2.43. The van der Waals surface area contributed by atoms with Gasteiger partial charge in [-0.3, -0.25) is 9.59 Å². The van der Waals surface area contributed by atoms with Crippen molar-refractivity contribution in [2.24, 2.45) is 0 Å². The number of anilines is 1. The summed E-state index contributed by atoms with van der Waals surface area (Å²) in [5.74, 6) is -2.49. The zero-order valence-corrected chi connectivity index (χ0v) is 24.7. The van der Waals surface area contributed by atoms with Crippen molar-refractivity contribution in [2.75, 3.05) is 12.4 Å². The van der Waals surface area contributed by atoms with Gasteiger partial charge < -0.3 is 24.8 Å². The Labute approximate surface area is 253 Å². The molecular formula is C34H35F3N2O5. The first-order valence-corrected chi connectivity index (χ1v) is 14.3. The second kappa shape index (κ2) is 14.4. The topological polar surface area (TPSA) is 101 Å². The molecule has 0 spiro atoms. The summed E-state index contributed by atoms with van der Waals surface area (Å²) in [6.07, 6.45) is -2.07. The minimum absolute atomic E-state index is 0.0773. The number of halogens is 3. The number of aliphatic hydroxyl groups excluding tert-OH is 2. The molecule has 7 nitrogen and oxygen atoms in total. The molecule has 1 aromatic heterocycles. The summed E-state index contributed by atoms with van der Waals surface area (Å²) in [7, 11) is 1.21. The highest BCUT2D eigenvalue weighted by Gasteiger charge is 2.30. The minimum Gasteiger partial charge on any atom is -0.469 e. The molecule has 4 rings (SSSR count). The van der Waals surface area contributed by atoms with E-state index in [2.05, 4.69) is 10.1 Å². The normalized spacial score (nSPS) is 12.7. The van der Waals surface area contributed by atoms with Crippen molar-refractivity contribution in [1.82, 2.24) is 4.57 Å². The van der Waals surface area contributed by atoms with Crippen LogP contribution in [0.1, 0.15) is 55.3 Å². The van der Waals surface area contributed by atoms with E-state index >= 15 is 0 Å². The SMILES string of the molecule is COC(=O)C[C@H](O)C[C@H](O)CCc1c(-c2ccc(F)cc2)c(-c2ccc(F)cc2)c(C(=O)Nc2ccc(F)cc2)n1C(C)C. The predicted molar refractivity (Wildman–Crippen MR) is 162 cm³/mol. The molecule has 2 atom stereocenters. The second-order valence-electron chi connectivity index (χ2n) is 10.8. The molecule has 10 heteroatoms. The number of aliphatic hydroxyl groups is 2. The van der Waals surface area contributed by atoms with Crippen LogP contribution in [0.4, 0.5) is 18.9 Å². The lowest BCUT2D eigenvalue weighted by atomic mass is 9.92. The Hall–Kier alpha value is -4.41. The van der Waals surface area contributed by atoms with E-state index in [1.54, 1.807) is 24.3 Å². The van der Waals surface area contributed by atoms with E-state index < -0.39 is 41.5 Å². The van der Waals surface area contributed by atoms with E-state index in [1.807, 2.05) is 18.4 Å². The molecule has 4 aromatic rings. The molecule has 0 saturated heterocycles. The first-order chi connectivity index (χ1) is 21.0. The number of amides is 1. The Balaban J connectivity index is 1.88. The number of rotatable bonds is 12. The number of nitrogens with one attached hydrogen (secondary N) is 1. The quantitative estimate of drug-likeness (QED) is 0.156. The molecule has 232 valence electrons. The fourth-order valence-electron chi connectivity index (χ4n) is 5.32. The van der Waals surface area contributed by atoms with E-state index in [9.17, 15) is 33.0 Å². The number of methoxy groups -OCH3 is 1. The zero-order valence-electron chi connectivity index (χ0n) is 24.7. The summed E-state index contributed by atoms with van der Waals surface area (Å²) in [4.78, 5) is 25.6. The van der Waals surface area contributed by atoms with Crippen LogP contribution in [0.5, 0.6) is 0 Å². The molecule has 0 aliphatic carbocycles. The molecule has 3 N–H and O–H groups in total. The van der Waals surface area contributed by atoms with Gasteiger partial charge in [-0.2, -0.15) is 0 Å². The molecule has 0 saturated carbocycles. The van der Waals surface area contributed by atoms with Gasteiger partial charge in [0.1, 0.15) is 23.1 Å². The standard InChI is InChI=1S/C34H35F3N2O5/c1-20(2)39-29(17-16-27(40)18-28(41)19-30(42)44-3)31(21-4-8-23(35)9-5-21)32(22-6-10-24(36)11-7-22)33(39)34(43)38-26-14-12-25(37)13-15-26/h4-15,20,27-28,40-41H,16-19H2,1-3H3,(H,38,43)/t27-,28-/m1/s1. The molecule has 1 amide bonds. The maximum atomic E-state index is 14.1. The molecule has 0 bridgehead atoms. The molecule has 0 radical (unpaired) electrons. The van der Waals surface area contributed by atoms with Gasteiger partial charge in [0.15, 0.2) is 0 Å². The number of nitrogens with zero attached hydrogens (tertiary/aromatic N) is 1. The van der Waals surface area contributed by atoms with Crippen LogP contribution in [-0.2, 0) is 16.0 Å². The third-order valence-corrected chi connectivity index (χ3v) is 7.29. The second-order valence-corrected chi connectivity index (χ2v) is 10.8. The fourth-order valence-corrected chi connectivity index (χ4v) is 5.32. The summed E-state index contributed by atoms with van der Waals surface area (Å²) in [5.41, 5.74) is 3.44. The summed E-state index contributed by atoms with van der Waals surface area (Å²) < 4.78 is 48.1. The smallest absolute Gasteiger partial charge is 0.308 e. The lowest BCUT2D eigenvalue weighted by Gasteiger charge is -2.20. The first kappa shape index (κ1) is 32.5. The number of benzene rings is 3. The van der Waals surface area contributed by atoms with Crippen LogP contribution >= 0.6 is 0 Å². The van der Waals surface area contributed by atoms with E-state index in [0.29, 0.717) is 33.6 Å². The van der Waals surface area contributed by atoms with Gasteiger partial charge in [-0.25, -0.2) is 13.2 Å². The number of hydrogen-bond donors (Lipinski definition) is 3. The van der Waals surface area contributed by atoms with Gasteiger partial charge in [0.05, 0.1) is 25.7 Å². The summed E-state index contributed by atoms with van der Waals surface area (Å²) in [6, 6.07) is 16.5. The van der Waals surface area contributed by atoms with Crippen molar-refractivity contribution in [3.8, 4) is 22.3 Å². The monoisotopic (exact) mass is 608 g/mol. The van der Waals surface area contributed by atoms with Crippen molar-refractivity contribution >= 4 is 17.6 Å². The number of aromatic nitrogens is 1. The maximum absolute atomic E-state index is 14.1. The minimum atomic E-state index is -1.11. The Morgan fingerprint density at radius 3 is 1.80 bits per heavy atom. The van der Waals surface area contributed by atoms with Gasteiger partial charge in [0, 0.05) is 28.6 Å². The lowest BCUT2D eigenvalue weighted by Crippen LogP contribution is -2.23. The molecule has 0 fully saturated rings. The van der Waals surface area contributed by atoms with Crippen LogP contribution in [-0.4, -0.2) is 46.0 Å². The van der Waals surface area contributed by atoms with Gasteiger partial charge in [0.2, 0.25) is 0 Å². The van der Waals surface area contributed by atoms with Crippen LogP contribution < -0.4 is 5.32 Å². The summed E-state index contributed by atoms with van der Waals surface area (Å²) in [6.45, 7) is 3.77. The predicted octanol–water partition coefficient (Wildman–Crippen LogP) is 6.68.